The van der Waals surface area contributed by atoms with Crippen LogP contribution in [0, 0.1) is 0 Å². The largest absolute Gasteiger partial charge is 0.389 e. The van der Waals surface area contributed by atoms with Crippen molar-refractivity contribution in [2.75, 3.05) is 32.8 Å². The number of nitrogens with one attached hydrogen (secondary N) is 1. The molecule has 0 spiro atoms. The lowest BCUT2D eigenvalue weighted by molar-refractivity contribution is 0.121. The summed E-state index contributed by atoms with van der Waals surface area (Å²) in [5.41, 5.74) is 0. The van der Waals surface area contributed by atoms with Crippen molar-refractivity contribution in [2.24, 2.45) is 0 Å². The molecule has 0 saturated carbocycles. The van der Waals surface area contributed by atoms with Crippen molar-refractivity contribution in [3.63, 3.8) is 0 Å². The number of hydrogen-bond donors (Lipinski definition) is 2. The Bertz CT molecular complexity index is 198. The van der Waals surface area contributed by atoms with Gasteiger partial charge in [-0.2, -0.15) is 0 Å². The van der Waals surface area contributed by atoms with E-state index in [-0.39, 0.29) is 12.1 Å². The Morgan fingerprint density at radius 1 is 1.35 bits per heavy atom. The molecule has 102 valence electrons. The second-order valence-corrected chi connectivity index (χ2v) is 4.95. The van der Waals surface area contributed by atoms with Crippen LogP contribution in [0.1, 0.15) is 33.6 Å². The van der Waals surface area contributed by atoms with E-state index < -0.39 is 0 Å². The fraction of sp³-hybridized carbons (Fsp3) is 1.00. The Morgan fingerprint density at radius 3 is 2.59 bits per heavy atom. The summed E-state index contributed by atoms with van der Waals surface area (Å²) in [6, 6.07) is 0.574. The summed E-state index contributed by atoms with van der Waals surface area (Å²) in [6.45, 7) is 11.1. The van der Waals surface area contributed by atoms with Crippen molar-refractivity contribution in [1.29, 1.82) is 0 Å². The van der Waals surface area contributed by atoms with Gasteiger partial charge in [-0.3, -0.25) is 0 Å². The first kappa shape index (κ1) is 14.9. The minimum Gasteiger partial charge on any atom is -0.389 e. The van der Waals surface area contributed by atoms with Crippen molar-refractivity contribution in [1.82, 2.24) is 10.2 Å². The summed E-state index contributed by atoms with van der Waals surface area (Å²) < 4.78 is 5.23. The fourth-order valence-electron chi connectivity index (χ4n) is 2.31. The van der Waals surface area contributed by atoms with Crippen molar-refractivity contribution in [2.45, 2.75) is 51.8 Å². The van der Waals surface area contributed by atoms with Gasteiger partial charge in [-0.05, 0) is 39.4 Å². The number of rotatable bonds is 8. The first-order chi connectivity index (χ1) is 8.17. The third-order valence-electron chi connectivity index (χ3n) is 3.55. The van der Waals surface area contributed by atoms with Crippen molar-refractivity contribution in [3.8, 4) is 0 Å². The van der Waals surface area contributed by atoms with Gasteiger partial charge in [-0.15, -0.1) is 0 Å². The van der Waals surface area contributed by atoms with Gasteiger partial charge < -0.3 is 20.1 Å². The summed E-state index contributed by atoms with van der Waals surface area (Å²) in [5, 5.41) is 13.1. The Labute approximate surface area is 105 Å². The topological polar surface area (TPSA) is 44.7 Å². The first-order valence-corrected chi connectivity index (χ1v) is 6.91. The van der Waals surface area contributed by atoms with Crippen LogP contribution >= 0.6 is 0 Å². The molecule has 2 N–H and O–H groups in total. The summed E-state index contributed by atoms with van der Waals surface area (Å²) >= 11 is 0. The van der Waals surface area contributed by atoms with E-state index in [1.165, 1.54) is 13.0 Å². The summed E-state index contributed by atoms with van der Waals surface area (Å²) in [7, 11) is 0. The molecule has 0 aromatic carbocycles. The maximum absolute atomic E-state index is 9.63. The molecule has 17 heavy (non-hydrogen) atoms. The third-order valence-corrected chi connectivity index (χ3v) is 3.55. The van der Waals surface area contributed by atoms with Gasteiger partial charge in [0.1, 0.15) is 0 Å². The molecule has 1 fully saturated rings. The van der Waals surface area contributed by atoms with E-state index in [2.05, 4.69) is 31.0 Å². The Kier molecular flexibility index (Phi) is 7.04. The van der Waals surface area contributed by atoms with E-state index >= 15 is 0 Å². The van der Waals surface area contributed by atoms with E-state index in [1.54, 1.807) is 0 Å². The number of hydrogen-bond acceptors (Lipinski definition) is 4. The predicted molar refractivity (Wildman–Crippen MR) is 70.2 cm³/mol. The molecule has 4 nitrogen and oxygen atoms in total. The quantitative estimate of drug-likeness (QED) is 0.664. The van der Waals surface area contributed by atoms with E-state index in [9.17, 15) is 5.11 Å². The van der Waals surface area contributed by atoms with Crippen LogP contribution in [0.4, 0.5) is 0 Å². The summed E-state index contributed by atoms with van der Waals surface area (Å²) in [6.07, 6.45) is 2.03. The number of ether oxygens (including phenoxy) is 1. The average molecular weight is 244 g/mol. The van der Waals surface area contributed by atoms with Gasteiger partial charge in [-0.1, -0.05) is 13.8 Å². The molecule has 0 radical (unpaired) electrons. The van der Waals surface area contributed by atoms with Gasteiger partial charge in [0.25, 0.3) is 0 Å². The second-order valence-electron chi connectivity index (χ2n) is 4.95. The summed E-state index contributed by atoms with van der Waals surface area (Å²) in [5.74, 6) is 0. The van der Waals surface area contributed by atoms with Crippen LogP contribution in [-0.2, 0) is 4.74 Å². The number of aliphatic hydroxyl groups excluding tert-OH is 1. The minimum atomic E-state index is -0.333. The molecular formula is C13H28N2O2. The van der Waals surface area contributed by atoms with Gasteiger partial charge in [-0.25, -0.2) is 0 Å². The molecule has 1 rings (SSSR count). The van der Waals surface area contributed by atoms with Gasteiger partial charge in [0, 0.05) is 6.04 Å². The molecule has 1 aliphatic rings. The predicted octanol–water partition coefficient (Wildman–Crippen LogP) is 0.846. The maximum atomic E-state index is 9.63. The van der Waals surface area contributed by atoms with Crippen LogP contribution in [0.15, 0.2) is 0 Å². The van der Waals surface area contributed by atoms with Crippen LogP contribution in [0.25, 0.3) is 0 Å². The van der Waals surface area contributed by atoms with E-state index in [4.69, 9.17) is 4.74 Å². The monoisotopic (exact) mass is 244 g/mol. The van der Waals surface area contributed by atoms with Crippen LogP contribution in [0.3, 0.4) is 0 Å². The van der Waals surface area contributed by atoms with E-state index in [0.29, 0.717) is 19.3 Å². The van der Waals surface area contributed by atoms with E-state index in [0.717, 1.165) is 19.5 Å². The molecule has 0 bridgehead atoms. The molecule has 0 amide bonds. The second kappa shape index (κ2) is 8.03. The van der Waals surface area contributed by atoms with Crippen LogP contribution in [0.2, 0.25) is 0 Å². The smallest absolute Gasteiger partial charge is 0.0948 e. The highest BCUT2D eigenvalue weighted by atomic mass is 16.5. The molecule has 0 aromatic heterocycles. The lowest BCUT2D eigenvalue weighted by atomic mass is 10.1. The molecule has 0 aromatic rings. The minimum absolute atomic E-state index is 0.124. The standard InChI is InChI=1S/C13H28N2O2/c1-4-15(5-2)8-6-7-11(3)14-12-9-17-10-13(12)16/h11-14,16H,4-10H2,1-3H3. The fourth-order valence-corrected chi connectivity index (χ4v) is 2.31. The molecule has 3 unspecified atom stereocenters. The van der Waals surface area contributed by atoms with Gasteiger partial charge in [0.05, 0.1) is 25.4 Å². The molecule has 0 aliphatic carbocycles. The molecule has 1 aliphatic heterocycles. The van der Waals surface area contributed by atoms with Crippen molar-refractivity contribution < 1.29 is 9.84 Å². The van der Waals surface area contributed by atoms with Crippen molar-refractivity contribution in [3.05, 3.63) is 0 Å². The lowest BCUT2D eigenvalue weighted by Crippen LogP contribution is -2.43. The van der Waals surface area contributed by atoms with Gasteiger partial charge in [0.15, 0.2) is 0 Å². The van der Waals surface area contributed by atoms with Gasteiger partial charge in [0.2, 0.25) is 0 Å². The van der Waals surface area contributed by atoms with Crippen LogP contribution < -0.4 is 5.32 Å². The zero-order chi connectivity index (χ0) is 12.7. The first-order valence-electron chi connectivity index (χ1n) is 6.91. The molecule has 1 heterocycles. The number of aliphatic hydroxyl groups is 1. The lowest BCUT2D eigenvalue weighted by Gasteiger charge is -2.22. The molecule has 4 heteroatoms. The van der Waals surface area contributed by atoms with Crippen LogP contribution in [-0.4, -0.2) is 61.0 Å². The zero-order valence-electron chi connectivity index (χ0n) is 11.5. The molecule has 1 saturated heterocycles. The normalized spacial score (nSPS) is 26.6. The third kappa shape index (κ3) is 5.34. The van der Waals surface area contributed by atoms with Crippen molar-refractivity contribution >= 4 is 0 Å². The van der Waals surface area contributed by atoms with Crippen LogP contribution in [0.5, 0.6) is 0 Å². The Hall–Kier alpha value is -0.160. The highest BCUT2D eigenvalue weighted by Gasteiger charge is 2.26. The Morgan fingerprint density at radius 2 is 2.06 bits per heavy atom. The average Bonchev–Trinajstić information content (AvgIpc) is 2.71. The SMILES string of the molecule is CCN(CC)CCCC(C)NC1COCC1O. The highest BCUT2D eigenvalue weighted by Crippen LogP contribution is 2.08. The molecular weight excluding hydrogens is 216 g/mol. The Balaban J connectivity index is 2.10. The highest BCUT2D eigenvalue weighted by molar-refractivity contribution is 4.82. The van der Waals surface area contributed by atoms with Gasteiger partial charge >= 0.3 is 0 Å². The molecule has 3 atom stereocenters. The number of nitrogens with zero attached hydrogens (tertiary/aromatic N) is 1. The maximum Gasteiger partial charge on any atom is 0.0948 e. The summed E-state index contributed by atoms with van der Waals surface area (Å²) in [4.78, 5) is 2.44. The van der Waals surface area contributed by atoms with E-state index in [1.807, 2.05) is 0 Å². The zero-order valence-corrected chi connectivity index (χ0v) is 11.5.